The zero-order valence-corrected chi connectivity index (χ0v) is 20.7. The fourth-order valence-electron chi connectivity index (χ4n) is 4.51. The van der Waals surface area contributed by atoms with Crippen LogP contribution in [0.25, 0.3) is 0 Å². The van der Waals surface area contributed by atoms with E-state index in [1.165, 1.54) is 23.6 Å². The maximum Gasteiger partial charge on any atom is 0.337 e. The Labute approximate surface area is 202 Å². The van der Waals surface area contributed by atoms with Gasteiger partial charge in [0.15, 0.2) is 5.78 Å². The summed E-state index contributed by atoms with van der Waals surface area (Å²) in [6.45, 7) is 2.36. The van der Waals surface area contributed by atoms with Crippen molar-refractivity contribution in [3.05, 3.63) is 89.5 Å². The van der Waals surface area contributed by atoms with Crippen LogP contribution in [0.3, 0.4) is 0 Å². The zero-order chi connectivity index (χ0) is 23.8. The lowest BCUT2D eigenvalue weighted by Crippen LogP contribution is -2.53. The molecule has 1 saturated heterocycles. The lowest BCUT2D eigenvalue weighted by molar-refractivity contribution is -0.110. The number of halogens is 1. The van der Waals surface area contributed by atoms with Crippen LogP contribution >= 0.6 is 15.9 Å². The molecule has 0 amide bonds. The molecule has 1 heterocycles. The molecule has 6 nitrogen and oxygen atoms in total. The lowest BCUT2D eigenvalue weighted by atomic mass is 9.66. The second-order valence-electron chi connectivity index (χ2n) is 8.40. The van der Waals surface area contributed by atoms with Crippen molar-refractivity contribution in [1.29, 1.82) is 0 Å². The first-order valence-corrected chi connectivity index (χ1v) is 12.8. The standard InChI is InChI=1S/C25H24BrNO5S/c1-17-3-9-21(10-4-17)33(30,31)27-15-22(26)23(25(16-27)13-11-20(28)12-14-25)18-5-7-19(8-6-18)24(29)32-2/h3-14,22-23H,15-16H2,1-2H3/t22-,23+/m0/s1. The molecule has 0 unspecified atom stereocenters. The van der Waals surface area contributed by atoms with Gasteiger partial charge in [0.2, 0.25) is 10.0 Å². The predicted molar refractivity (Wildman–Crippen MR) is 129 cm³/mol. The number of rotatable bonds is 4. The summed E-state index contributed by atoms with van der Waals surface area (Å²) < 4.78 is 33.2. The van der Waals surface area contributed by atoms with E-state index >= 15 is 0 Å². The van der Waals surface area contributed by atoms with Gasteiger partial charge in [-0.15, -0.1) is 0 Å². The van der Waals surface area contributed by atoms with Gasteiger partial charge >= 0.3 is 5.97 Å². The first kappa shape index (κ1) is 23.6. The number of nitrogens with zero attached hydrogens (tertiary/aromatic N) is 1. The quantitative estimate of drug-likeness (QED) is 0.441. The van der Waals surface area contributed by atoms with E-state index in [0.717, 1.165) is 11.1 Å². The summed E-state index contributed by atoms with van der Waals surface area (Å²) in [6.07, 6.45) is 6.60. The van der Waals surface area contributed by atoms with Crippen LogP contribution in [0, 0.1) is 12.3 Å². The third kappa shape index (κ3) is 4.47. The Bertz CT molecular complexity index is 1220. The number of carbonyl (C=O) groups excluding carboxylic acids is 2. The number of piperidine rings is 1. The number of esters is 1. The van der Waals surface area contributed by atoms with Gasteiger partial charge in [-0.1, -0.05) is 57.9 Å². The average Bonchev–Trinajstić information content (AvgIpc) is 2.81. The normalized spacial score (nSPS) is 22.5. The van der Waals surface area contributed by atoms with E-state index in [1.54, 1.807) is 48.6 Å². The SMILES string of the molecule is COC(=O)c1ccc([C@@H]2[C@@H](Br)CN(S(=O)(=O)c3ccc(C)cc3)CC23C=CC(=O)C=C3)cc1. The summed E-state index contributed by atoms with van der Waals surface area (Å²) in [6, 6.07) is 13.9. The van der Waals surface area contributed by atoms with Crippen molar-refractivity contribution < 1.29 is 22.7 Å². The summed E-state index contributed by atoms with van der Waals surface area (Å²) in [5.41, 5.74) is 1.62. The van der Waals surface area contributed by atoms with E-state index in [0.29, 0.717) is 5.56 Å². The van der Waals surface area contributed by atoms with Crippen LogP contribution in [0.5, 0.6) is 0 Å². The molecule has 172 valence electrons. The number of methoxy groups -OCH3 is 1. The Kier molecular flexibility index (Phi) is 6.44. The van der Waals surface area contributed by atoms with Crippen molar-refractivity contribution >= 4 is 37.7 Å². The van der Waals surface area contributed by atoms with Gasteiger partial charge in [0.1, 0.15) is 0 Å². The number of ketones is 1. The van der Waals surface area contributed by atoms with Gasteiger partial charge in [-0.2, -0.15) is 4.31 Å². The second kappa shape index (κ2) is 9.00. The van der Waals surface area contributed by atoms with Crippen molar-refractivity contribution in [3.63, 3.8) is 0 Å². The van der Waals surface area contributed by atoms with E-state index < -0.39 is 21.4 Å². The van der Waals surface area contributed by atoms with Gasteiger partial charge < -0.3 is 4.74 Å². The van der Waals surface area contributed by atoms with Gasteiger partial charge in [-0.3, -0.25) is 4.79 Å². The highest BCUT2D eigenvalue weighted by molar-refractivity contribution is 9.09. The molecule has 2 aliphatic rings. The van der Waals surface area contributed by atoms with Gasteiger partial charge in [0.05, 0.1) is 17.6 Å². The molecular formula is C25H24BrNO5S. The Morgan fingerprint density at radius 3 is 2.24 bits per heavy atom. The molecule has 1 fully saturated rings. The van der Waals surface area contributed by atoms with Gasteiger partial charge in [-0.25, -0.2) is 13.2 Å². The Hall–Kier alpha value is -2.55. The molecule has 2 aromatic rings. The molecule has 2 atom stereocenters. The molecule has 2 aromatic carbocycles. The number of carbonyl (C=O) groups is 2. The number of aryl methyl sites for hydroxylation is 1. The summed E-state index contributed by atoms with van der Waals surface area (Å²) >= 11 is 3.74. The van der Waals surface area contributed by atoms with Crippen LogP contribution in [0.2, 0.25) is 0 Å². The minimum Gasteiger partial charge on any atom is -0.465 e. The number of hydrogen-bond acceptors (Lipinski definition) is 5. The highest BCUT2D eigenvalue weighted by atomic mass is 79.9. The lowest BCUT2D eigenvalue weighted by Gasteiger charge is -2.48. The molecule has 0 bridgehead atoms. The Balaban J connectivity index is 1.74. The molecular weight excluding hydrogens is 506 g/mol. The number of allylic oxidation sites excluding steroid dienone is 2. The summed E-state index contributed by atoms with van der Waals surface area (Å²) in [5.74, 6) is -0.715. The molecule has 0 N–H and O–H groups in total. The smallest absolute Gasteiger partial charge is 0.337 e. The number of ether oxygens (including phenoxy) is 1. The van der Waals surface area contributed by atoms with Gasteiger partial charge in [0, 0.05) is 29.2 Å². The minimum absolute atomic E-state index is 0.134. The molecule has 0 aromatic heterocycles. The van der Waals surface area contributed by atoms with Crippen molar-refractivity contribution in [2.24, 2.45) is 5.41 Å². The second-order valence-corrected chi connectivity index (χ2v) is 11.5. The highest BCUT2D eigenvalue weighted by Gasteiger charge is 2.49. The van der Waals surface area contributed by atoms with Crippen LogP contribution < -0.4 is 0 Å². The molecule has 8 heteroatoms. The molecule has 1 spiro atoms. The maximum atomic E-state index is 13.5. The van der Waals surface area contributed by atoms with Crippen molar-refractivity contribution in [1.82, 2.24) is 4.31 Å². The zero-order valence-electron chi connectivity index (χ0n) is 18.3. The van der Waals surface area contributed by atoms with E-state index in [9.17, 15) is 18.0 Å². The van der Waals surface area contributed by atoms with Crippen LogP contribution in [0.15, 0.2) is 77.7 Å². The summed E-state index contributed by atoms with van der Waals surface area (Å²) in [4.78, 5) is 23.8. The Morgan fingerprint density at radius 1 is 1.06 bits per heavy atom. The molecule has 0 saturated carbocycles. The topological polar surface area (TPSA) is 80.8 Å². The summed E-state index contributed by atoms with van der Waals surface area (Å²) in [7, 11) is -2.41. The van der Waals surface area contributed by atoms with E-state index in [2.05, 4.69) is 15.9 Å². The number of alkyl halides is 1. The van der Waals surface area contributed by atoms with E-state index in [-0.39, 0.29) is 34.5 Å². The van der Waals surface area contributed by atoms with E-state index in [1.807, 2.05) is 19.1 Å². The minimum atomic E-state index is -3.74. The largest absolute Gasteiger partial charge is 0.465 e. The van der Waals surface area contributed by atoms with Crippen LogP contribution in [0.1, 0.15) is 27.4 Å². The fraction of sp³-hybridized carbons (Fsp3) is 0.280. The molecule has 0 radical (unpaired) electrons. The molecule has 4 rings (SSSR count). The number of sulfonamides is 1. The fourth-order valence-corrected chi connectivity index (χ4v) is 7.38. The average molecular weight is 530 g/mol. The highest BCUT2D eigenvalue weighted by Crippen LogP contribution is 2.49. The molecule has 1 aliphatic heterocycles. The predicted octanol–water partition coefficient (Wildman–Crippen LogP) is 4.01. The van der Waals surface area contributed by atoms with Crippen molar-refractivity contribution in [3.8, 4) is 0 Å². The maximum absolute atomic E-state index is 13.5. The van der Waals surface area contributed by atoms with Gasteiger partial charge in [-0.05, 0) is 48.9 Å². The number of hydrogen-bond donors (Lipinski definition) is 0. The Morgan fingerprint density at radius 2 is 1.67 bits per heavy atom. The first-order valence-electron chi connectivity index (χ1n) is 10.5. The molecule has 33 heavy (non-hydrogen) atoms. The van der Waals surface area contributed by atoms with Crippen LogP contribution in [-0.2, 0) is 19.6 Å². The van der Waals surface area contributed by atoms with Crippen molar-refractivity contribution in [2.45, 2.75) is 22.6 Å². The third-order valence-electron chi connectivity index (χ3n) is 6.23. The van der Waals surface area contributed by atoms with E-state index in [4.69, 9.17) is 4.74 Å². The first-order chi connectivity index (χ1) is 15.7. The van der Waals surface area contributed by atoms with Crippen LogP contribution in [-0.4, -0.2) is 49.5 Å². The number of benzene rings is 2. The third-order valence-corrected chi connectivity index (χ3v) is 8.88. The summed E-state index contributed by atoms with van der Waals surface area (Å²) in [5, 5.41) is 0. The monoisotopic (exact) mass is 529 g/mol. The van der Waals surface area contributed by atoms with Gasteiger partial charge in [0.25, 0.3) is 0 Å². The van der Waals surface area contributed by atoms with Crippen molar-refractivity contribution in [2.75, 3.05) is 20.2 Å². The van der Waals surface area contributed by atoms with Crippen LogP contribution in [0.4, 0.5) is 0 Å². The molecule has 1 aliphatic carbocycles.